The number of carbonyl (C=O) groups is 1. The third kappa shape index (κ3) is 10.4. The largest absolute Gasteiger partial charge is 3.00 e. The zero-order valence-electron chi connectivity index (χ0n) is 30.6. The topological polar surface area (TPSA) is 242 Å². The Morgan fingerprint density at radius 3 is 1.54 bits per heavy atom. The molecule has 0 saturated heterocycles. The summed E-state index contributed by atoms with van der Waals surface area (Å²) in [5.41, 5.74) is 0.784. The number of hydrogen-bond acceptors (Lipinski definition) is 12. The monoisotopic (exact) mass is 839 g/mol. The molecule has 0 atom stereocenters. The van der Waals surface area contributed by atoms with Gasteiger partial charge < -0.3 is 39.1 Å². The SMILES string of the molecule is Cc1[n-]n(-c2ccccc2)c(=O)c1N=Nc1c([O-])cc(S(=O)(=O)[O-])c2ccccc12.Cc1[n-]n(-c2ccccc2)c(=O)c1N=Nc1ccccc1C(=O)[O-].[Cr+3].[Na+].[Na+]. The molecule has 0 aliphatic carbocycles. The summed E-state index contributed by atoms with van der Waals surface area (Å²) >= 11 is 0. The summed E-state index contributed by atoms with van der Waals surface area (Å²) in [6.07, 6.45) is 0. The van der Waals surface area contributed by atoms with Gasteiger partial charge in [0.15, 0.2) is 0 Å². The molecular weight excluding hydrogens is 814 g/mol. The van der Waals surface area contributed by atoms with Crippen LogP contribution in [0.5, 0.6) is 5.75 Å². The van der Waals surface area contributed by atoms with Crippen LogP contribution in [0, 0.1) is 13.8 Å². The zero-order valence-corrected chi connectivity index (χ0v) is 36.7. The van der Waals surface area contributed by atoms with Gasteiger partial charge in [-0.05, 0) is 36.4 Å². The molecule has 57 heavy (non-hydrogen) atoms. The van der Waals surface area contributed by atoms with Gasteiger partial charge in [0.1, 0.15) is 21.5 Å². The van der Waals surface area contributed by atoms with Crippen molar-refractivity contribution in [3.8, 4) is 17.1 Å². The maximum absolute atomic E-state index is 12.7. The van der Waals surface area contributed by atoms with Crippen molar-refractivity contribution in [1.82, 2.24) is 19.6 Å². The van der Waals surface area contributed by atoms with Crippen LogP contribution in [0.2, 0.25) is 0 Å². The molecule has 2 aromatic heterocycles. The van der Waals surface area contributed by atoms with Crippen molar-refractivity contribution >= 4 is 49.6 Å². The maximum Gasteiger partial charge on any atom is 3.00 e. The summed E-state index contributed by atoms with van der Waals surface area (Å²) in [7, 11) is -4.86. The van der Waals surface area contributed by atoms with Gasteiger partial charge in [-0.3, -0.25) is 9.59 Å². The Morgan fingerprint density at radius 1 is 0.632 bits per heavy atom. The van der Waals surface area contributed by atoms with Gasteiger partial charge in [0, 0.05) is 27.7 Å². The van der Waals surface area contributed by atoms with Crippen LogP contribution in [0.4, 0.5) is 22.7 Å². The van der Waals surface area contributed by atoms with Crippen molar-refractivity contribution in [3.05, 3.63) is 153 Å². The van der Waals surface area contributed by atoms with Crippen LogP contribution in [0.1, 0.15) is 21.7 Å². The summed E-state index contributed by atoms with van der Waals surface area (Å²) in [5.74, 6) is -2.16. The van der Waals surface area contributed by atoms with E-state index in [0.717, 1.165) is 6.07 Å². The van der Waals surface area contributed by atoms with Gasteiger partial charge in [0.05, 0.1) is 22.2 Å². The molecule has 0 bridgehead atoms. The molecule has 0 unspecified atom stereocenters. The Morgan fingerprint density at radius 2 is 1.05 bits per heavy atom. The van der Waals surface area contributed by atoms with Crippen LogP contribution in [0.25, 0.3) is 22.1 Å². The van der Waals surface area contributed by atoms with E-state index in [-0.39, 0.29) is 116 Å². The van der Waals surface area contributed by atoms with Gasteiger partial charge in [0.25, 0.3) is 11.1 Å². The standard InChI is InChI=1S/C20H16N4O5S.C17H14N4O3.Cr.2Na/c1-12-18(20(26)24(23-12)13-7-3-2-4-8-13)21-22-19-15-10-6-5-9-14(15)17(11-16(19)25)30(27,28)29;1-11-15(16(22)21(20-11)12-7-3-2-4-8-12)19-18-14-10-6-5-9-13(14)17(23)24;;;/h2-11H,1H3,(H3,21,22,23,25,26,27,28,29);2-10H,1H3,(H2,18,20,22,23,24);;;/q;;+3;2*+1/p-5. The molecule has 0 spiro atoms. The number of rotatable bonds is 8. The van der Waals surface area contributed by atoms with Gasteiger partial charge in [-0.2, -0.15) is 5.11 Å². The fourth-order valence-electron chi connectivity index (χ4n) is 5.26. The van der Waals surface area contributed by atoms with Crippen LogP contribution in [0.15, 0.2) is 150 Å². The summed E-state index contributed by atoms with van der Waals surface area (Å²) in [4.78, 5) is 35.6. The third-order valence-corrected chi connectivity index (χ3v) is 8.70. The second kappa shape index (κ2) is 20.1. The molecule has 7 aromatic rings. The number of para-hydroxylation sites is 2. The fourth-order valence-corrected chi connectivity index (χ4v) is 5.96. The van der Waals surface area contributed by atoms with E-state index >= 15 is 0 Å². The number of aromatic nitrogens is 4. The van der Waals surface area contributed by atoms with Crippen molar-refractivity contribution in [2.45, 2.75) is 18.7 Å². The molecular formula is C37H25CrN8Na2O8S. The van der Waals surface area contributed by atoms with Gasteiger partial charge in [-0.25, -0.2) is 8.42 Å². The second-order valence-corrected chi connectivity index (χ2v) is 12.7. The van der Waals surface area contributed by atoms with Crippen molar-refractivity contribution < 1.29 is 104 Å². The molecule has 0 aliphatic heterocycles. The Kier molecular flexibility index (Phi) is 16.5. The van der Waals surface area contributed by atoms with Crippen molar-refractivity contribution in [3.63, 3.8) is 0 Å². The molecule has 0 saturated carbocycles. The van der Waals surface area contributed by atoms with Gasteiger partial charge in [-0.15, -0.1) is 26.7 Å². The van der Waals surface area contributed by atoms with Crippen LogP contribution in [-0.2, 0) is 27.5 Å². The van der Waals surface area contributed by atoms with Crippen LogP contribution in [-0.4, -0.2) is 28.3 Å². The van der Waals surface area contributed by atoms with Gasteiger partial charge >= 0.3 is 76.5 Å². The summed E-state index contributed by atoms with van der Waals surface area (Å²) in [6.45, 7) is 3.22. The van der Waals surface area contributed by atoms with Crippen LogP contribution >= 0.6 is 0 Å². The van der Waals surface area contributed by atoms with Crippen molar-refractivity contribution in [2.75, 3.05) is 0 Å². The average Bonchev–Trinajstić information content (AvgIpc) is 3.62. The minimum atomic E-state index is -4.86. The quantitative estimate of drug-likeness (QED) is 0.0978. The fraction of sp³-hybridized carbons (Fsp3) is 0.0541. The van der Waals surface area contributed by atoms with Gasteiger partial charge in [-0.1, -0.05) is 98.5 Å². The smallest absolute Gasteiger partial charge is 0.871 e. The first-order valence-corrected chi connectivity index (χ1v) is 17.2. The van der Waals surface area contributed by atoms with E-state index in [0.29, 0.717) is 22.8 Å². The maximum atomic E-state index is 12.7. The first-order valence-electron chi connectivity index (χ1n) is 15.8. The molecule has 0 amide bonds. The zero-order chi connectivity index (χ0) is 38.6. The van der Waals surface area contributed by atoms with Gasteiger partial charge in [0.2, 0.25) is 0 Å². The molecule has 275 valence electrons. The molecule has 0 aliphatic rings. The average molecular weight is 840 g/mol. The number of hydrogen-bond donors (Lipinski definition) is 0. The molecule has 5 aromatic carbocycles. The van der Waals surface area contributed by atoms with E-state index < -0.39 is 37.9 Å². The predicted molar refractivity (Wildman–Crippen MR) is 191 cm³/mol. The molecule has 0 N–H and O–H groups in total. The number of carboxylic acids is 1. The van der Waals surface area contributed by atoms with E-state index in [2.05, 4.69) is 30.7 Å². The Bertz CT molecular complexity index is 2820. The Hall–Kier alpha value is -4.71. The van der Waals surface area contributed by atoms with Crippen molar-refractivity contribution in [1.29, 1.82) is 0 Å². The number of carbonyl (C=O) groups excluding carboxylic acids is 1. The number of fused-ring (bicyclic) bond motifs is 1. The summed E-state index contributed by atoms with van der Waals surface area (Å²) in [5, 5.41) is 47.7. The molecule has 20 heteroatoms. The number of aromatic carboxylic acids is 1. The first kappa shape index (κ1) is 46.7. The van der Waals surface area contributed by atoms with E-state index in [9.17, 15) is 37.6 Å². The number of nitrogens with zero attached hydrogens (tertiary/aromatic N) is 8. The van der Waals surface area contributed by atoms with Crippen LogP contribution in [0.3, 0.4) is 0 Å². The summed E-state index contributed by atoms with van der Waals surface area (Å²) in [6, 6.07) is 30.4. The molecule has 16 nitrogen and oxygen atoms in total. The second-order valence-electron chi connectivity index (χ2n) is 11.4. The van der Waals surface area contributed by atoms with E-state index in [4.69, 9.17) is 0 Å². The number of benzene rings is 5. The number of azo groups is 2. The van der Waals surface area contributed by atoms with E-state index in [1.54, 1.807) is 86.6 Å². The molecule has 7 rings (SSSR count). The molecule has 0 fully saturated rings. The molecule has 1 radical (unpaired) electrons. The molecule has 2 heterocycles. The Labute approximate surface area is 379 Å². The minimum absolute atomic E-state index is 0. The van der Waals surface area contributed by atoms with Crippen molar-refractivity contribution in [2.24, 2.45) is 20.5 Å². The van der Waals surface area contributed by atoms with E-state index in [1.807, 2.05) is 6.07 Å². The normalized spacial score (nSPS) is 11.0. The minimum Gasteiger partial charge on any atom is -0.871 e. The number of carboxylic acid groups (broad SMARTS) is 1. The Balaban J connectivity index is 0.000000296. The van der Waals surface area contributed by atoms with Crippen LogP contribution < -0.4 is 90.6 Å². The summed E-state index contributed by atoms with van der Waals surface area (Å²) < 4.78 is 37.0. The number of aryl methyl sites for hydroxylation is 2. The van der Waals surface area contributed by atoms with E-state index in [1.165, 1.54) is 39.7 Å². The predicted octanol–water partition coefficient (Wildman–Crippen LogP) is -1.46. The first-order chi connectivity index (χ1) is 25.8. The third-order valence-electron chi connectivity index (χ3n) is 7.82.